The Labute approximate surface area is 267 Å². The van der Waals surface area contributed by atoms with Crippen LogP contribution in [0.2, 0.25) is 0 Å². The van der Waals surface area contributed by atoms with Crippen LogP contribution in [-0.2, 0) is 24.0 Å². The minimum atomic E-state index is -0.982. The standard InChI is InChI=1S/C31H57N9O5/c1-17(2)13-23(39-27(42)21(6)37-26-19(4)14-18(3)15-20(26)5)28(43)38-22(9-7-11-35-31(33)34)30(45)40-12-8-10-24(40)29(44)36-16-25(32)41/h17-24,26,37H,7-16H2,1-6H3,(H2,32,41)(H,36,44)(H,38,43)(H,39,42)(H4,33,34,35)/t18?,19?,20?,21-,22+,23+,24+,26?/m1/s1. The monoisotopic (exact) mass is 635 g/mol. The van der Waals surface area contributed by atoms with Gasteiger partial charge in [-0.15, -0.1) is 0 Å². The van der Waals surface area contributed by atoms with Crippen LogP contribution in [0.5, 0.6) is 0 Å². The number of carbonyl (C=O) groups is 5. The summed E-state index contributed by atoms with van der Waals surface area (Å²) in [5.74, 6) is -0.869. The minimum absolute atomic E-state index is 0.0807. The Bertz CT molecular complexity index is 1050. The van der Waals surface area contributed by atoms with Crippen molar-refractivity contribution in [3.63, 3.8) is 0 Å². The highest BCUT2D eigenvalue weighted by Crippen LogP contribution is 2.33. The predicted molar refractivity (Wildman–Crippen MR) is 173 cm³/mol. The van der Waals surface area contributed by atoms with Crippen LogP contribution in [0.1, 0.15) is 86.5 Å². The number of aliphatic imine (C=N–C) groups is 1. The van der Waals surface area contributed by atoms with Gasteiger partial charge >= 0.3 is 0 Å². The van der Waals surface area contributed by atoms with E-state index in [4.69, 9.17) is 17.2 Å². The fraction of sp³-hybridized carbons (Fsp3) is 0.806. The van der Waals surface area contributed by atoms with Crippen molar-refractivity contribution in [1.82, 2.24) is 26.2 Å². The van der Waals surface area contributed by atoms with Crippen LogP contribution < -0.4 is 38.5 Å². The number of hydrogen-bond donors (Lipinski definition) is 7. The number of nitrogens with two attached hydrogens (primary N) is 3. The molecular weight excluding hydrogens is 578 g/mol. The van der Waals surface area contributed by atoms with Gasteiger partial charge in [0.15, 0.2) is 5.96 Å². The number of primary amides is 1. The molecule has 0 aromatic heterocycles. The van der Waals surface area contributed by atoms with Crippen molar-refractivity contribution >= 4 is 35.5 Å². The van der Waals surface area contributed by atoms with Gasteiger partial charge in [-0.1, -0.05) is 34.6 Å². The van der Waals surface area contributed by atoms with Gasteiger partial charge in [0.1, 0.15) is 18.1 Å². The Morgan fingerprint density at radius 1 is 0.911 bits per heavy atom. The molecule has 6 atom stereocenters. The molecule has 1 heterocycles. The van der Waals surface area contributed by atoms with Gasteiger partial charge in [0.2, 0.25) is 29.5 Å². The molecular formula is C31H57N9O5. The number of guanidine groups is 1. The zero-order chi connectivity index (χ0) is 33.8. The summed E-state index contributed by atoms with van der Waals surface area (Å²) in [6.45, 7) is 12.6. The number of nitrogens with one attached hydrogen (secondary N) is 4. The number of nitrogens with zero attached hydrogens (tertiary/aromatic N) is 2. The van der Waals surface area contributed by atoms with Crippen molar-refractivity contribution in [3.8, 4) is 0 Å². The summed E-state index contributed by atoms with van der Waals surface area (Å²) in [5.41, 5.74) is 16.1. The summed E-state index contributed by atoms with van der Waals surface area (Å²) < 4.78 is 0. The highest BCUT2D eigenvalue weighted by molar-refractivity contribution is 5.95. The maximum atomic E-state index is 13.8. The van der Waals surface area contributed by atoms with E-state index < -0.39 is 47.8 Å². The molecule has 0 aromatic carbocycles. The van der Waals surface area contributed by atoms with Gasteiger partial charge in [0.25, 0.3) is 0 Å². The topological polar surface area (TPSA) is 227 Å². The summed E-state index contributed by atoms with van der Waals surface area (Å²) in [6, 6.07) is -2.97. The predicted octanol–water partition coefficient (Wildman–Crippen LogP) is -0.303. The van der Waals surface area contributed by atoms with E-state index in [0.29, 0.717) is 50.0 Å². The van der Waals surface area contributed by atoms with Crippen LogP contribution in [0.25, 0.3) is 0 Å². The molecule has 2 fully saturated rings. The zero-order valence-electron chi connectivity index (χ0n) is 27.9. The Morgan fingerprint density at radius 2 is 1.53 bits per heavy atom. The van der Waals surface area contributed by atoms with Gasteiger partial charge in [-0.3, -0.25) is 29.0 Å². The molecule has 14 heteroatoms. The van der Waals surface area contributed by atoms with Gasteiger partial charge < -0.3 is 43.4 Å². The lowest BCUT2D eigenvalue weighted by Crippen LogP contribution is -2.59. The lowest BCUT2D eigenvalue weighted by atomic mass is 9.73. The molecule has 10 N–H and O–H groups in total. The molecule has 256 valence electrons. The lowest BCUT2D eigenvalue weighted by Gasteiger charge is -2.40. The smallest absolute Gasteiger partial charge is 0.245 e. The Kier molecular flexibility index (Phi) is 15.0. The van der Waals surface area contributed by atoms with Crippen molar-refractivity contribution in [2.24, 2.45) is 45.9 Å². The molecule has 1 aliphatic heterocycles. The largest absolute Gasteiger partial charge is 0.370 e. The fourth-order valence-corrected chi connectivity index (χ4v) is 6.74. The second kappa shape index (κ2) is 17.9. The normalized spacial score (nSPS) is 25.1. The van der Waals surface area contributed by atoms with E-state index in [1.54, 1.807) is 0 Å². The SMILES string of the molecule is CC(C)C[C@H](NC(=O)[C@@H](C)NC1C(C)CC(C)CC1C)C(=O)N[C@@H](CCCN=C(N)N)C(=O)N1CCC[C@H]1C(=O)NCC(N)=O. The van der Waals surface area contributed by atoms with Crippen LogP contribution in [0.3, 0.4) is 0 Å². The first-order valence-corrected chi connectivity index (χ1v) is 16.4. The van der Waals surface area contributed by atoms with Crippen LogP contribution >= 0.6 is 0 Å². The van der Waals surface area contributed by atoms with Gasteiger partial charge in [-0.25, -0.2) is 0 Å². The third kappa shape index (κ3) is 12.1. The molecule has 5 amide bonds. The first-order chi connectivity index (χ1) is 21.1. The van der Waals surface area contributed by atoms with E-state index in [9.17, 15) is 24.0 Å². The Morgan fingerprint density at radius 3 is 2.11 bits per heavy atom. The van der Waals surface area contributed by atoms with Crippen molar-refractivity contribution in [3.05, 3.63) is 0 Å². The zero-order valence-corrected chi connectivity index (χ0v) is 27.9. The van der Waals surface area contributed by atoms with E-state index in [-0.39, 0.29) is 43.3 Å². The van der Waals surface area contributed by atoms with Gasteiger partial charge in [0, 0.05) is 19.1 Å². The van der Waals surface area contributed by atoms with Crippen LogP contribution in [-0.4, -0.2) is 90.2 Å². The van der Waals surface area contributed by atoms with E-state index in [0.717, 1.165) is 12.8 Å². The molecule has 14 nitrogen and oxygen atoms in total. The second-order valence-electron chi connectivity index (χ2n) is 13.5. The summed E-state index contributed by atoms with van der Waals surface area (Å²) >= 11 is 0. The summed E-state index contributed by atoms with van der Waals surface area (Å²) in [5, 5.41) is 11.8. The van der Waals surface area contributed by atoms with E-state index in [1.807, 2.05) is 20.8 Å². The number of hydrogen-bond acceptors (Lipinski definition) is 7. The number of likely N-dealkylation sites (tertiary alicyclic amines) is 1. The molecule has 0 spiro atoms. The molecule has 1 saturated carbocycles. The number of carbonyl (C=O) groups excluding carboxylic acids is 5. The summed E-state index contributed by atoms with van der Waals surface area (Å²) in [6.07, 6.45) is 4.16. The summed E-state index contributed by atoms with van der Waals surface area (Å²) in [4.78, 5) is 70.2. The lowest BCUT2D eigenvalue weighted by molar-refractivity contribution is -0.142. The van der Waals surface area contributed by atoms with Crippen molar-refractivity contribution in [1.29, 1.82) is 0 Å². The summed E-state index contributed by atoms with van der Waals surface area (Å²) in [7, 11) is 0. The maximum absolute atomic E-state index is 13.8. The van der Waals surface area contributed by atoms with E-state index in [2.05, 4.69) is 47.0 Å². The van der Waals surface area contributed by atoms with Gasteiger partial charge in [0.05, 0.1) is 12.6 Å². The third-order valence-corrected chi connectivity index (χ3v) is 8.79. The Balaban J connectivity index is 2.18. The van der Waals surface area contributed by atoms with Crippen molar-refractivity contribution in [2.75, 3.05) is 19.6 Å². The fourth-order valence-electron chi connectivity index (χ4n) is 6.74. The van der Waals surface area contributed by atoms with Gasteiger partial charge in [-0.05, 0) is 75.5 Å². The first kappa shape index (κ1) is 37.8. The Hall–Kier alpha value is -3.42. The quantitative estimate of drug-likeness (QED) is 0.0675. The minimum Gasteiger partial charge on any atom is -0.370 e. The van der Waals surface area contributed by atoms with Crippen molar-refractivity contribution in [2.45, 2.75) is 117 Å². The average Bonchev–Trinajstić information content (AvgIpc) is 3.44. The maximum Gasteiger partial charge on any atom is 0.245 e. The molecule has 2 aliphatic rings. The molecule has 1 saturated heterocycles. The average molecular weight is 636 g/mol. The number of amides is 5. The van der Waals surface area contributed by atoms with Crippen molar-refractivity contribution < 1.29 is 24.0 Å². The molecule has 0 aromatic rings. The number of rotatable bonds is 16. The molecule has 0 bridgehead atoms. The van der Waals surface area contributed by atoms with Gasteiger partial charge in [-0.2, -0.15) is 0 Å². The molecule has 45 heavy (non-hydrogen) atoms. The third-order valence-electron chi connectivity index (χ3n) is 8.79. The van der Waals surface area contributed by atoms with E-state index in [1.165, 1.54) is 4.90 Å². The second-order valence-corrected chi connectivity index (χ2v) is 13.5. The highest BCUT2D eigenvalue weighted by Gasteiger charge is 2.39. The van der Waals surface area contributed by atoms with Crippen LogP contribution in [0.15, 0.2) is 4.99 Å². The van der Waals surface area contributed by atoms with Crippen LogP contribution in [0, 0.1) is 23.7 Å². The van der Waals surface area contributed by atoms with Crippen LogP contribution in [0.4, 0.5) is 0 Å². The van der Waals surface area contributed by atoms with E-state index >= 15 is 0 Å². The first-order valence-electron chi connectivity index (χ1n) is 16.4. The molecule has 0 radical (unpaired) electrons. The molecule has 2 rings (SSSR count). The molecule has 2 unspecified atom stereocenters. The highest BCUT2D eigenvalue weighted by atomic mass is 16.2. The molecule has 1 aliphatic carbocycles.